The SMILES string of the molecule is COc1cccc(C(=O)NCCN(CCC2=CCCCC2)C(C)=O)c1. The van der Waals surface area contributed by atoms with Crippen LogP contribution >= 0.6 is 0 Å². The Morgan fingerprint density at radius 2 is 2.08 bits per heavy atom. The molecule has 25 heavy (non-hydrogen) atoms. The van der Waals surface area contributed by atoms with Crippen LogP contribution in [0.3, 0.4) is 0 Å². The molecule has 0 atom stereocenters. The molecule has 2 amide bonds. The largest absolute Gasteiger partial charge is 0.497 e. The fourth-order valence-corrected chi connectivity index (χ4v) is 3.01. The first-order valence-corrected chi connectivity index (χ1v) is 8.96. The molecule has 136 valence electrons. The molecule has 1 aliphatic rings. The summed E-state index contributed by atoms with van der Waals surface area (Å²) in [6, 6.07) is 7.03. The Balaban J connectivity index is 1.79. The molecular weight excluding hydrogens is 316 g/mol. The Bertz CT molecular complexity index is 625. The maximum Gasteiger partial charge on any atom is 0.251 e. The molecule has 1 aliphatic carbocycles. The molecule has 2 rings (SSSR count). The minimum Gasteiger partial charge on any atom is -0.497 e. The lowest BCUT2D eigenvalue weighted by Gasteiger charge is -2.23. The number of benzene rings is 1. The first-order chi connectivity index (χ1) is 12.1. The summed E-state index contributed by atoms with van der Waals surface area (Å²) in [6.45, 7) is 3.27. The molecule has 1 aromatic rings. The van der Waals surface area contributed by atoms with Crippen LogP contribution in [0, 0.1) is 0 Å². The molecule has 1 aromatic carbocycles. The van der Waals surface area contributed by atoms with Crippen LogP contribution < -0.4 is 10.1 Å². The number of nitrogens with one attached hydrogen (secondary N) is 1. The fourth-order valence-electron chi connectivity index (χ4n) is 3.01. The van der Waals surface area contributed by atoms with Crippen LogP contribution in [0.5, 0.6) is 5.75 Å². The van der Waals surface area contributed by atoms with Crippen LogP contribution in [0.4, 0.5) is 0 Å². The van der Waals surface area contributed by atoms with Gasteiger partial charge in [-0.3, -0.25) is 9.59 Å². The maximum atomic E-state index is 12.2. The summed E-state index contributed by atoms with van der Waals surface area (Å²) in [4.78, 5) is 25.8. The first-order valence-electron chi connectivity index (χ1n) is 8.96. The molecule has 0 fully saturated rings. The standard InChI is InChI=1S/C20H28N2O3/c1-16(23)22(13-11-17-7-4-3-5-8-17)14-12-21-20(24)18-9-6-10-19(15-18)25-2/h6-7,9-10,15H,3-5,8,11-14H2,1-2H3,(H,21,24). The van der Waals surface area contributed by atoms with Crippen LogP contribution in [-0.2, 0) is 4.79 Å². The molecule has 0 aromatic heterocycles. The molecule has 0 heterocycles. The summed E-state index contributed by atoms with van der Waals surface area (Å²) in [7, 11) is 1.57. The second-order valence-electron chi connectivity index (χ2n) is 6.35. The Morgan fingerprint density at radius 3 is 2.76 bits per heavy atom. The number of methoxy groups -OCH3 is 1. The smallest absolute Gasteiger partial charge is 0.251 e. The lowest BCUT2D eigenvalue weighted by molar-refractivity contribution is -0.128. The summed E-state index contributed by atoms with van der Waals surface area (Å²) in [6.07, 6.45) is 8.08. The third-order valence-corrected chi connectivity index (χ3v) is 4.53. The Labute approximate surface area is 150 Å². The van der Waals surface area contributed by atoms with E-state index in [4.69, 9.17) is 4.74 Å². The lowest BCUT2D eigenvalue weighted by atomic mass is 9.97. The van der Waals surface area contributed by atoms with Gasteiger partial charge in [0.1, 0.15) is 5.75 Å². The zero-order valence-corrected chi connectivity index (χ0v) is 15.2. The number of rotatable bonds is 8. The van der Waals surface area contributed by atoms with Crippen LogP contribution in [-0.4, -0.2) is 43.5 Å². The third-order valence-electron chi connectivity index (χ3n) is 4.53. The van der Waals surface area contributed by atoms with Crippen molar-refractivity contribution < 1.29 is 14.3 Å². The van der Waals surface area contributed by atoms with Crippen molar-refractivity contribution in [1.29, 1.82) is 0 Å². The number of hydrogen-bond acceptors (Lipinski definition) is 3. The summed E-state index contributed by atoms with van der Waals surface area (Å²) >= 11 is 0. The Morgan fingerprint density at radius 1 is 1.24 bits per heavy atom. The van der Waals surface area contributed by atoms with Crippen LogP contribution in [0.1, 0.15) is 49.4 Å². The van der Waals surface area contributed by atoms with Crippen molar-refractivity contribution in [2.24, 2.45) is 0 Å². The van der Waals surface area contributed by atoms with Crippen molar-refractivity contribution in [1.82, 2.24) is 10.2 Å². The molecule has 0 unspecified atom stereocenters. The topological polar surface area (TPSA) is 58.6 Å². The van der Waals surface area contributed by atoms with E-state index in [0.29, 0.717) is 24.4 Å². The van der Waals surface area contributed by atoms with E-state index in [9.17, 15) is 9.59 Å². The van der Waals surface area contributed by atoms with Gasteiger partial charge in [0.05, 0.1) is 7.11 Å². The molecule has 0 saturated heterocycles. The van der Waals surface area contributed by atoms with Crippen molar-refractivity contribution >= 4 is 11.8 Å². The van der Waals surface area contributed by atoms with Crippen LogP contribution in [0.2, 0.25) is 0 Å². The summed E-state index contributed by atoms with van der Waals surface area (Å²) < 4.78 is 5.13. The van der Waals surface area contributed by atoms with E-state index in [1.165, 1.54) is 18.4 Å². The second-order valence-corrected chi connectivity index (χ2v) is 6.35. The zero-order valence-electron chi connectivity index (χ0n) is 15.2. The fraction of sp³-hybridized carbons (Fsp3) is 0.500. The van der Waals surface area contributed by atoms with Crippen molar-refractivity contribution in [3.8, 4) is 5.75 Å². The molecule has 0 radical (unpaired) electrons. The average Bonchev–Trinajstić information content (AvgIpc) is 2.64. The number of amides is 2. The number of allylic oxidation sites excluding steroid dienone is 1. The minimum absolute atomic E-state index is 0.0482. The quantitative estimate of drug-likeness (QED) is 0.737. The van der Waals surface area contributed by atoms with Gasteiger partial charge >= 0.3 is 0 Å². The molecule has 1 N–H and O–H groups in total. The summed E-state index contributed by atoms with van der Waals surface area (Å²) in [5, 5.41) is 2.87. The first kappa shape index (κ1) is 19.0. The highest BCUT2D eigenvalue weighted by Gasteiger charge is 2.12. The maximum absolute atomic E-state index is 12.2. The Kier molecular flexibility index (Phi) is 7.51. The minimum atomic E-state index is -0.155. The van der Waals surface area contributed by atoms with Gasteiger partial charge in [-0.1, -0.05) is 17.7 Å². The van der Waals surface area contributed by atoms with Crippen LogP contribution in [0.25, 0.3) is 0 Å². The normalized spacial score (nSPS) is 13.8. The van der Waals surface area contributed by atoms with Crippen molar-refractivity contribution in [2.75, 3.05) is 26.7 Å². The number of carbonyl (C=O) groups is 2. The van der Waals surface area contributed by atoms with Gasteiger partial charge in [0.2, 0.25) is 5.91 Å². The highest BCUT2D eigenvalue weighted by atomic mass is 16.5. The van der Waals surface area contributed by atoms with Gasteiger partial charge in [-0.05, 0) is 50.3 Å². The molecule has 5 heteroatoms. The van der Waals surface area contributed by atoms with Gasteiger partial charge in [0.25, 0.3) is 5.91 Å². The van der Waals surface area contributed by atoms with E-state index in [2.05, 4.69) is 11.4 Å². The van der Waals surface area contributed by atoms with E-state index >= 15 is 0 Å². The van der Waals surface area contributed by atoms with Gasteiger partial charge in [-0.15, -0.1) is 0 Å². The van der Waals surface area contributed by atoms with Crippen molar-refractivity contribution in [3.63, 3.8) is 0 Å². The van der Waals surface area contributed by atoms with Gasteiger partial charge in [-0.2, -0.15) is 0 Å². The van der Waals surface area contributed by atoms with E-state index in [-0.39, 0.29) is 11.8 Å². The number of ether oxygens (including phenoxy) is 1. The number of carbonyl (C=O) groups excluding carboxylic acids is 2. The zero-order chi connectivity index (χ0) is 18.1. The predicted octanol–water partition coefficient (Wildman–Crippen LogP) is 3.16. The van der Waals surface area contributed by atoms with E-state index in [1.54, 1.807) is 43.2 Å². The molecular formula is C20H28N2O3. The summed E-state index contributed by atoms with van der Waals surface area (Å²) in [5.74, 6) is 0.545. The van der Waals surface area contributed by atoms with Crippen molar-refractivity contribution in [3.05, 3.63) is 41.5 Å². The van der Waals surface area contributed by atoms with E-state index in [1.807, 2.05) is 0 Å². The Hall–Kier alpha value is -2.30. The highest BCUT2D eigenvalue weighted by molar-refractivity contribution is 5.94. The highest BCUT2D eigenvalue weighted by Crippen LogP contribution is 2.20. The monoisotopic (exact) mass is 344 g/mol. The van der Waals surface area contributed by atoms with Gasteiger partial charge < -0.3 is 15.0 Å². The lowest BCUT2D eigenvalue weighted by Crippen LogP contribution is -2.38. The van der Waals surface area contributed by atoms with Crippen molar-refractivity contribution in [2.45, 2.75) is 39.0 Å². The molecule has 5 nitrogen and oxygen atoms in total. The molecule has 0 saturated carbocycles. The third kappa shape index (κ3) is 6.25. The average molecular weight is 344 g/mol. The molecule has 0 aliphatic heterocycles. The van der Waals surface area contributed by atoms with Crippen LogP contribution in [0.15, 0.2) is 35.9 Å². The molecule has 0 spiro atoms. The van der Waals surface area contributed by atoms with E-state index < -0.39 is 0 Å². The van der Waals surface area contributed by atoms with Gasteiger partial charge in [0.15, 0.2) is 0 Å². The summed E-state index contributed by atoms with van der Waals surface area (Å²) in [5.41, 5.74) is 2.01. The van der Waals surface area contributed by atoms with Gasteiger partial charge in [-0.25, -0.2) is 0 Å². The number of hydrogen-bond donors (Lipinski definition) is 1. The second kappa shape index (κ2) is 9.87. The predicted molar refractivity (Wildman–Crippen MR) is 98.7 cm³/mol. The van der Waals surface area contributed by atoms with E-state index in [0.717, 1.165) is 25.8 Å². The van der Waals surface area contributed by atoms with Gasteiger partial charge in [0, 0.05) is 32.1 Å². The number of nitrogens with zero attached hydrogens (tertiary/aromatic N) is 1. The molecule has 0 bridgehead atoms.